The van der Waals surface area contributed by atoms with Gasteiger partial charge in [-0.15, -0.1) is 0 Å². The van der Waals surface area contributed by atoms with E-state index in [9.17, 15) is 9.59 Å². The van der Waals surface area contributed by atoms with Crippen LogP contribution in [-0.2, 0) is 17.9 Å². The summed E-state index contributed by atoms with van der Waals surface area (Å²) in [7, 11) is 1.77. The lowest BCUT2D eigenvalue weighted by Crippen LogP contribution is -2.66. The van der Waals surface area contributed by atoms with Crippen LogP contribution in [0, 0.1) is 0 Å². The lowest BCUT2D eigenvalue weighted by molar-refractivity contribution is -0.140. The molecule has 0 spiro atoms. The van der Waals surface area contributed by atoms with Crippen LogP contribution in [0.3, 0.4) is 0 Å². The summed E-state index contributed by atoms with van der Waals surface area (Å²) in [6.07, 6.45) is 0.581. The molecule has 0 aliphatic carbocycles. The number of amides is 3. The number of rotatable bonds is 4. The third-order valence-electron chi connectivity index (χ3n) is 6.45. The zero-order chi connectivity index (χ0) is 21.5. The number of imide groups is 1. The Morgan fingerprint density at radius 1 is 0.968 bits per heavy atom. The van der Waals surface area contributed by atoms with Gasteiger partial charge in [0.1, 0.15) is 18.5 Å². The van der Waals surface area contributed by atoms with Crippen LogP contribution in [0.2, 0.25) is 5.02 Å². The third-order valence-corrected chi connectivity index (χ3v) is 6.70. The van der Waals surface area contributed by atoms with Gasteiger partial charge in [0.2, 0.25) is 0 Å². The molecule has 3 fully saturated rings. The Balaban J connectivity index is 1.38. The van der Waals surface area contributed by atoms with Crippen molar-refractivity contribution >= 4 is 23.5 Å². The summed E-state index contributed by atoms with van der Waals surface area (Å²) in [5.41, 5.74) is 2.12. The number of urea groups is 1. The molecule has 0 bridgehead atoms. The molecule has 31 heavy (non-hydrogen) atoms. The Morgan fingerprint density at radius 2 is 1.68 bits per heavy atom. The summed E-state index contributed by atoms with van der Waals surface area (Å²) in [6, 6.07) is 17.0. The van der Waals surface area contributed by atoms with Gasteiger partial charge in [0, 0.05) is 31.7 Å². The van der Waals surface area contributed by atoms with E-state index < -0.39 is 6.04 Å². The van der Waals surface area contributed by atoms with E-state index in [2.05, 4.69) is 27.2 Å². The van der Waals surface area contributed by atoms with Gasteiger partial charge in [-0.05, 0) is 29.7 Å². The first kappa shape index (κ1) is 20.5. The van der Waals surface area contributed by atoms with E-state index in [-0.39, 0.29) is 30.9 Å². The van der Waals surface area contributed by atoms with Crippen LogP contribution in [-0.4, -0.2) is 70.2 Å². The molecule has 2 aromatic rings. The second-order valence-electron chi connectivity index (χ2n) is 8.42. The van der Waals surface area contributed by atoms with Gasteiger partial charge in [-0.3, -0.25) is 24.8 Å². The van der Waals surface area contributed by atoms with E-state index >= 15 is 0 Å². The Labute approximate surface area is 187 Å². The zero-order valence-corrected chi connectivity index (χ0v) is 18.2. The van der Waals surface area contributed by atoms with Crippen molar-refractivity contribution in [2.75, 3.05) is 20.1 Å². The molecular weight excluding hydrogens is 414 g/mol. The Bertz CT molecular complexity index is 970. The lowest BCUT2D eigenvalue weighted by Gasteiger charge is -2.43. The molecule has 5 rings (SSSR count). The Kier molecular flexibility index (Phi) is 5.44. The van der Waals surface area contributed by atoms with Crippen LogP contribution in [0.4, 0.5) is 4.79 Å². The fourth-order valence-corrected chi connectivity index (χ4v) is 5.02. The predicted molar refractivity (Wildman–Crippen MR) is 118 cm³/mol. The summed E-state index contributed by atoms with van der Waals surface area (Å²) in [5.74, 6) is -0.139. The van der Waals surface area contributed by atoms with Gasteiger partial charge in [-0.1, -0.05) is 54.1 Å². The van der Waals surface area contributed by atoms with E-state index in [1.165, 1.54) is 10.5 Å². The fourth-order valence-electron chi connectivity index (χ4n) is 4.89. The van der Waals surface area contributed by atoms with Crippen molar-refractivity contribution in [2.24, 2.45) is 0 Å². The molecule has 7 nitrogen and oxygen atoms in total. The van der Waals surface area contributed by atoms with Gasteiger partial charge in [0.25, 0.3) is 5.91 Å². The highest BCUT2D eigenvalue weighted by Gasteiger charge is 2.55. The van der Waals surface area contributed by atoms with Crippen LogP contribution >= 0.6 is 11.6 Å². The molecular formula is C23H26ClN5O2. The summed E-state index contributed by atoms with van der Waals surface area (Å²) < 4.78 is 0. The molecule has 3 atom stereocenters. The smallest absolute Gasteiger partial charge is 0.310 e. The van der Waals surface area contributed by atoms with Crippen molar-refractivity contribution in [3.63, 3.8) is 0 Å². The lowest BCUT2D eigenvalue weighted by atomic mass is 10.1. The van der Waals surface area contributed by atoms with E-state index in [0.717, 1.165) is 31.6 Å². The molecule has 1 N–H and O–H groups in total. The Morgan fingerprint density at radius 3 is 2.42 bits per heavy atom. The quantitative estimate of drug-likeness (QED) is 0.793. The minimum Gasteiger partial charge on any atom is -0.310 e. The molecule has 162 valence electrons. The highest BCUT2D eigenvalue weighted by Crippen LogP contribution is 2.32. The third kappa shape index (κ3) is 3.72. The second-order valence-corrected chi connectivity index (χ2v) is 8.86. The monoisotopic (exact) mass is 439 g/mol. The molecule has 3 heterocycles. The summed E-state index contributed by atoms with van der Waals surface area (Å²) in [5, 5.41) is 4.19. The van der Waals surface area contributed by atoms with Crippen LogP contribution < -0.4 is 5.32 Å². The van der Waals surface area contributed by atoms with Crippen molar-refractivity contribution < 1.29 is 9.59 Å². The van der Waals surface area contributed by atoms with Gasteiger partial charge in [-0.25, -0.2) is 4.79 Å². The van der Waals surface area contributed by atoms with Crippen molar-refractivity contribution in [3.8, 4) is 0 Å². The van der Waals surface area contributed by atoms with Gasteiger partial charge < -0.3 is 4.90 Å². The molecule has 3 unspecified atom stereocenters. The predicted octanol–water partition coefficient (Wildman–Crippen LogP) is 2.52. The summed E-state index contributed by atoms with van der Waals surface area (Å²) >= 11 is 5.98. The van der Waals surface area contributed by atoms with Crippen molar-refractivity contribution in [1.82, 2.24) is 24.9 Å². The van der Waals surface area contributed by atoms with Gasteiger partial charge in [-0.2, -0.15) is 0 Å². The molecule has 3 amide bonds. The molecule has 8 heteroatoms. The molecule has 3 aliphatic heterocycles. The molecule has 3 saturated heterocycles. The average molecular weight is 440 g/mol. The molecule has 0 radical (unpaired) electrons. The average Bonchev–Trinajstić information content (AvgIpc) is 3.18. The minimum atomic E-state index is -0.390. The number of hydrogen-bond acceptors (Lipinski definition) is 5. The van der Waals surface area contributed by atoms with Gasteiger partial charge >= 0.3 is 6.03 Å². The SMILES string of the molecule is CN1C(=O)N(Cc2ccc(Cl)cc2)C(=O)C2C1NC1N(Cc3ccccc3)CCCN21. The van der Waals surface area contributed by atoms with Crippen LogP contribution in [0.25, 0.3) is 0 Å². The number of benzene rings is 2. The number of carbonyl (C=O) groups excluding carboxylic acids is 2. The number of halogens is 1. The molecule has 2 aromatic carbocycles. The summed E-state index contributed by atoms with van der Waals surface area (Å²) in [4.78, 5) is 34.2. The fraction of sp³-hybridized carbons (Fsp3) is 0.391. The minimum absolute atomic E-state index is 0.0707. The number of fused-ring (bicyclic) bond motifs is 3. The van der Waals surface area contributed by atoms with E-state index in [1.807, 2.05) is 30.3 Å². The molecule has 0 saturated carbocycles. The maximum atomic E-state index is 13.5. The number of nitrogens with one attached hydrogen (secondary N) is 1. The maximum Gasteiger partial charge on any atom is 0.328 e. The van der Waals surface area contributed by atoms with Crippen molar-refractivity contribution in [2.45, 2.75) is 38.0 Å². The first-order chi connectivity index (χ1) is 15.0. The topological polar surface area (TPSA) is 59.1 Å². The highest BCUT2D eigenvalue weighted by molar-refractivity contribution is 6.30. The van der Waals surface area contributed by atoms with E-state index in [4.69, 9.17) is 11.6 Å². The normalized spacial score (nSPS) is 26.8. The highest BCUT2D eigenvalue weighted by atomic mass is 35.5. The number of carbonyl (C=O) groups is 2. The van der Waals surface area contributed by atoms with Gasteiger partial charge in [0.05, 0.1) is 6.54 Å². The first-order valence-electron chi connectivity index (χ1n) is 10.7. The number of nitrogens with zero attached hydrogens (tertiary/aromatic N) is 4. The first-order valence-corrected chi connectivity index (χ1v) is 11.0. The van der Waals surface area contributed by atoms with E-state index in [0.29, 0.717) is 5.02 Å². The van der Waals surface area contributed by atoms with Crippen molar-refractivity contribution in [1.29, 1.82) is 0 Å². The maximum absolute atomic E-state index is 13.5. The molecule has 3 aliphatic rings. The van der Waals surface area contributed by atoms with E-state index in [1.54, 1.807) is 24.1 Å². The number of likely N-dealkylation sites (N-methyl/N-ethyl adjacent to an activating group) is 1. The van der Waals surface area contributed by atoms with Crippen molar-refractivity contribution in [3.05, 3.63) is 70.7 Å². The largest absolute Gasteiger partial charge is 0.328 e. The zero-order valence-electron chi connectivity index (χ0n) is 17.4. The number of hydrogen-bond donors (Lipinski definition) is 1. The summed E-state index contributed by atoms with van der Waals surface area (Å²) in [6.45, 7) is 2.82. The van der Waals surface area contributed by atoms with Crippen LogP contribution in [0.1, 0.15) is 17.5 Å². The van der Waals surface area contributed by atoms with Crippen LogP contribution in [0.5, 0.6) is 0 Å². The van der Waals surface area contributed by atoms with Crippen LogP contribution in [0.15, 0.2) is 54.6 Å². The Hall–Kier alpha value is -2.45. The molecule has 0 aromatic heterocycles. The van der Waals surface area contributed by atoms with Gasteiger partial charge in [0.15, 0.2) is 0 Å². The standard InChI is InChI=1S/C23H26ClN5O2/c1-26-20-19(21(30)29(23(26)31)15-17-8-10-18(24)11-9-17)28-13-5-12-27(22(28)25-20)14-16-6-3-2-4-7-16/h2-4,6-11,19-20,22,25H,5,12-15H2,1H3. The second kappa shape index (κ2) is 8.24.